The van der Waals surface area contributed by atoms with Crippen LogP contribution < -0.4 is 4.74 Å². The van der Waals surface area contributed by atoms with Crippen LogP contribution >= 0.6 is 0 Å². The Morgan fingerprint density at radius 2 is 1.36 bits per heavy atom. The molecule has 39 heavy (non-hydrogen) atoms. The molecule has 6 rings (SSSR count). The molecule has 1 heterocycles. The van der Waals surface area contributed by atoms with Crippen molar-refractivity contribution in [3.8, 4) is 16.9 Å². The van der Waals surface area contributed by atoms with Gasteiger partial charge in [0.05, 0.1) is 6.61 Å². The minimum atomic E-state index is -0.905. The van der Waals surface area contributed by atoms with E-state index >= 15 is 0 Å². The number of fused-ring (bicyclic) bond motifs is 2. The Hall–Kier alpha value is -4.83. The molecule has 5 aromatic carbocycles. The van der Waals surface area contributed by atoms with Gasteiger partial charge in [-0.15, -0.1) is 0 Å². The van der Waals surface area contributed by atoms with Crippen molar-refractivity contribution in [2.24, 2.45) is 0 Å². The Bertz CT molecular complexity index is 1750. The number of ether oxygens (including phenoxy) is 1. The van der Waals surface area contributed by atoms with E-state index in [0.29, 0.717) is 31.7 Å². The normalized spacial score (nSPS) is 11.2. The van der Waals surface area contributed by atoms with Gasteiger partial charge in [-0.25, -0.2) is 4.79 Å². The van der Waals surface area contributed by atoms with Crippen molar-refractivity contribution >= 4 is 27.6 Å². The predicted octanol–water partition coefficient (Wildman–Crippen LogP) is 8.22. The highest BCUT2D eigenvalue weighted by atomic mass is 16.5. The van der Waals surface area contributed by atoms with E-state index in [0.717, 1.165) is 49.7 Å². The topological polar surface area (TPSA) is 51.5 Å². The molecule has 0 aliphatic carbocycles. The first-order valence-electron chi connectivity index (χ1n) is 13.3. The minimum Gasteiger partial charge on any atom is -0.493 e. The van der Waals surface area contributed by atoms with E-state index in [4.69, 9.17) is 4.74 Å². The third kappa shape index (κ3) is 5.01. The Balaban J connectivity index is 1.25. The first kappa shape index (κ1) is 24.5. The lowest BCUT2D eigenvalue weighted by atomic mass is 10.0. The molecule has 1 N–H and O–H groups in total. The molecule has 0 atom stereocenters. The first-order chi connectivity index (χ1) is 19.2. The number of benzene rings is 5. The van der Waals surface area contributed by atoms with Crippen molar-refractivity contribution in [2.75, 3.05) is 6.61 Å². The van der Waals surface area contributed by atoms with Crippen LogP contribution in [0, 0.1) is 0 Å². The number of carbonyl (C=O) groups is 1. The van der Waals surface area contributed by atoms with Crippen LogP contribution in [0.5, 0.6) is 5.75 Å². The fourth-order valence-corrected chi connectivity index (χ4v) is 5.41. The van der Waals surface area contributed by atoms with E-state index in [-0.39, 0.29) is 0 Å². The van der Waals surface area contributed by atoms with Gasteiger partial charge >= 0.3 is 5.97 Å². The third-order valence-electron chi connectivity index (χ3n) is 7.26. The van der Waals surface area contributed by atoms with Crippen molar-refractivity contribution in [3.63, 3.8) is 0 Å². The molecule has 0 spiro atoms. The zero-order valence-electron chi connectivity index (χ0n) is 21.6. The van der Waals surface area contributed by atoms with Gasteiger partial charge < -0.3 is 14.4 Å². The fourth-order valence-electron chi connectivity index (χ4n) is 5.41. The molecule has 4 heteroatoms. The second-order valence-corrected chi connectivity index (χ2v) is 9.73. The summed E-state index contributed by atoms with van der Waals surface area (Å²) < 4.78 is 8.09. The Morgan fingerprint density at radius 3 is 2.15 bits per heavy atom. The SMILES string of the molecule is O=C(O)c1c(CCCOc2cccc3ccccc23)c2ccccc2n1Cc1ccc(-c2ccccc2)cc1. The van der Waals surface area contributed by atoms with Crippen LogP contribution in [0.4, 0.5) is 0 Å². The van der Waals surface area contributed by atoms with E-state index in [2.05, 4.69) is 54.6 Å². The van der Waals surface area contributed by atoms with Crippen LogP contribution in [0.1, 0.15) is 28.0 Å². The summed E-state index contributed by atoms with van der Waals surface area (Å²) in [5, 5.41) is 13.5. The minimum absolute atomic E-state index is 0.355. The molecule has 0 radical (unpaired) electrons. The molecule has 0 amide bonds. The van der Waals surface area contributed by atoms with Crippen molar-refractivity contribution in [1.82, 2.24) is 4.57 Å². The van der Waals surface area contributed by atoms with E-state index in [9.17, 15) is 9.90 Å². The van der Waals surface area contributed by atoms with Crippen LogP contribution in [-0.4, -0.2) is 22.2 Å². The van der Waals surface area contributed by atoms with E-state index in [1.54, 1.807) is 0 Å². The summed E-state index contributed by atoms with van der Waals surface area (Å²) in [6.07, 6.45) is 1.33. The van der Waals surface area contributed by atoms with Crippen molar-refractivity contribution in [1.29, 1.82) is 0 Å². The highest BCUT2D eigenvalue weighted by Gasteiger charge is 2.22. The van der Waals surface area contributed by atoms with Crippen LogP contribution in [0.25, 0.3) is 32.8 Å². The van der Waals surface area contributed by atoms with E-state index in [1.165, 1.54) is 0 Å². The number of aryl methyl sites for hydroxylation is 1. The van der Waals surface area contributed by atoms with Gasteiger partial charge in [0, 0.05) is 22.8 Å². The molecule has 192 valence electrons. The highest BCUT2D eigenvalue weighted by molar-refractivity contribution is 5.98. The summed E-state index contributed by atoms with van der Waals surface area (Å²) in [6, 6.07) is 40.8. The molecule has 0 bridgehead atoms. The van der Waals surface area contributed by atoms with Gasteiger partial charge in [0.15, 0.2) is 0 Å². The number of aromatic nitrogens is 1. The lowest BCUT2D eigenvalue weighted by molar-refractivity contribution is 0.0684. The van der Waals surface area contributed by atoms with Gasteiger partial charge in [0.1, 0.15) is 11.4 Å². The zero-order chi connectivity index (χ0) is 26.6. The molecule has 0 aliphatic heterocycles. The summed E-state index contributed by atoms with van der Waals surface area (Å²) >= 11 is 0. The molecular formula is C35H29NO3. The van der Waals surface area contributed by atoms with Gasteiger partial charge in [0.2, 0.25) is 0 Å². The highest BCUT2D eigenvalue weighted by Crippen LogP contribution is 2.30. The van der Waals surface area contributed by atoms with E-state index in [1.807, 2.05) is 71.3 Å². The number of hydrogen-bond acceptors (Lipinski definition) is 2. The number of carboxylic acids is 1. The molecule has 0 fully saturated rings. The van der Waals surface area contributed by atoms with Crippen molar-refractivity contribution in [3.05, 3.63) is 138 Å². The molecule has 0 aliphatic rings. The smallest absolute Gasteiger partial charge is 0.352 e. The number of nitrogens with zero attached hydrogens (tertiary/aromatic N) is 1. The Morgan fingerprint density at radius 1 is 0.692 bits per heavy atom. The summed E-state index contributed by atoms with van der Waals surface area (Å²) in [6.45, 7) is 0.997. The van der Waals surface area contributed by atoms with Crippen LogP contribution in [0.3, 0.4) is 0 Å². The zero-order valence-corrected chi connectivity index (χ0v) is 21.6. The fraction of sp³-hybridized carbons (Fsp3) is 0.114. The second kappa shape index (κ2) is 10.9. The second-order valence-electron chi connectivity index (χ2n) is 9.73. The maximum Gasteiger partial charge on any atom is 0.352 e. The summed E-state index contributed by atoms with van der Waals surface area (Å²) in [5.74, 6) is -0.0509. The number of carboxylic acid groups (broad SMARTS) is 1. The molecule has 0 saturated carbocycles. The summed E-state index contributed by atoms with van der Waals surface area (Å²) in [5.41, 5.74) is 5.52. The Labute approximate surface area is 227 Å². The lowest BCUT2D eigenvalue weighted by Gasteiger charge is -2.11. The average molecular weight is 512 g/mol. The predicted molar refractivity (Wildman–Crippen MR) is 158 cm³/mol. The molecule has 0 unspecified atom stereocenters. The van der Waals surface area contributed by atoms with Gasteiger partial charge in [-0.3, -0.25) is 0 Å². The van der Waals surface area contributed by atoms with Gasteiger partial charge in [-0.05, 0) is 52.6 Å². The molecule has 0 saturated heterocycles. The summed E-state index contributed by atoms with van der Waals surface area (Å²) in [7, 11) is 0. The monoisotopic (exact) mass is 511 g/mol. The largest absolute Gasteiger partial charge is 0.493 e. The van der Waals surface area contributed by atoms with Crippen molar-refractivity contribution in [2.45, 2.75) is 19.4 Å². The third-order valence-corrected chi connectivity index (χ3v) is 7.26. The quantitative estimate of drug-likeness (QED) is 0.199. The standard InChI is InChI=1S/C35H29NO3/c37-35(38)34-31(16-9-23-39-33-18-8-13-28-12-4-5-14-29(28)33)30-15-6-7-17-32(30)36(34)24-25-19-21-27(22-20-25)26-10-2-1-3-11-26/h1-8,10-15,17-22H,9,16,23-24H2,(H,37,38). The van der Waals surface area contributed by atoms with E-state index < -0.39 is 5.97 Å². The number of aromatic carboxylic acids is 1. The van der Waals surface area contributed by atoms with Gasteiger partial charge in [-0.1, -0.05) is 109 Å². The van der Waals surface area contributed by atoms with Crippen LogP contribution in [0.2, 0.25) is 0 Å². The average Bonchev–Trinajstić information content (AvgIpc) is 3.29. The lowest BCUT2D eigenvalue weighted by Crippen LogP contribution is -2.12. The van der Waals surface area contributed by atoms with Crippen LogP contribution in [-0.2, 0) is 13.0 Å². The molecule has 6 aromatic rings. The maximum atomic E-state index is 12.6. The number of para-hydroxylation sites is 1. The molecule has 4 nitrogen and oxygen atoms in total. The summed E-state index contributed by atoms with van der Waals surface area (Å²) in [4.78, 5) is 12.6. The van der Waals surface area contributed by atoms with Crippen LogP contribution in [0.15, 0.2) is 121 Å². The first-order valence-corrected chi connectivity index (χ1v) is 13.3. The number of hydrogen-bond donors (Lipinski definition) is 1. The number of rotatable bonds is 9. The maximum absolute atomic E-state index is 12.6. The van der Waals surface area contributed by atoms with Gasteiger partial charge in [-0.2, -0.15) is 0 Å². The Kier molecular flexibility index (Phi) is 6.84. The molecular weight excluding hydrogens is 482 g/mol. The van der Waals surface area contributed by atoms with Crippen molar-refractivity contribution < 1.29 is 14.6 Å². The van der Waals surface area contributed by atoms with Gasteiger partial charge in [0.25, 0.3) is 0 Å². The molecule has 1 aromatic heterocycles.